The normalized spacial score (nSPS) is 17.6. The number of imide groups is 1. The number of aromatic nitrogens is 1. The molecule has 7 heteroatoms. The summed E-state index contributed by atoms with van der Waals surface area (Å²) in [6, 6.07) is 3.35. The second-order valence-electron chi connectivity index (χ2n) is 5.43. The van der Waals surface area contributed by atoms with Crippen LogP contribution in [0.25, 0.3) is 0 Å². The molecule has 1 aliphatic heterocycles. The van der Waals surface area contributed by atoms with E-state index in [-0.39, 0.29) is 18.4 Å². The molecule has 2 amide bonds. The molecule has 3 N–H and O–H groups in total. The van der Waals surface area contributed by atoms with Crippen molar-refractivity contribution in [3.8, 4) is 5.88 Å². The minimum absolute atomic E-state index is 0.0584. The number of carbonyl (C=O) groups excluding carboxylic acids is 2. The van der Waals surface area contributed by atoms with E-state index in [1.54, 1.807) is 30.9 Å². The number of hydrogen-bond acceptors (Lipinski definition) is 6. The van der Waals surface area contributed by atoms with Gasteiger partial charge in [-0.3, -0.25) is 14.9 Å². The molecule has 2 rings (SSSR count). The molecular formula is C14H20N4O3. The first kappa shape index (κ1) is 15.1. The van der Waals surface area contributed by atoms with Crippen LogP contribution in [0.5, 0.6) is 5.88 Å². The predicted molar refractivity (Wildman–Crippen MR) is 79.0 cm³/mol. The van der Waals surface area contributed by atoms with Crippen molar-refractivity contribution in [2.45, 2.75) is 32.7 Å². The minimum atomic E-state index is -0.876. The lowest BCUT2D eigenvalue weighted by atomic mass is 9.98. The summed E-state index contributed by atoms with van der Waals surface area (Å²) >= 11 is 0. The number of pyridine rings is 1. The molecule has 0 atom stereocenters. The van der Waals surface area contributed by atoms with Crippen LogP contribution in [0, 0.1) is 0 Å². The molecule has 0 unspecified atom stereocenters. The van der Waals surface area contributed by atoms with E-state index in [1.165, 1.54) is 0 Å². The molecule has 1 aromatic rings. The number of rotatable bonds is 4. The Morgan fingerprint density at radius 1 is 1.43 bits per heavy atom. The average Bonchev–Trinajstić information content (AvgIpc) is 2.42. The van der Waals surface area contributed by atoms with E-state index in [9.17, 15) is 9.59 Å². The Hall–Kier alpha value is -2.31. The third-order valence-corrected chi connectivity index (χ3v) is 3.38. The molecule has 0 radical (unpaired) electrons. The Morgan fingerprint density at radius 2 is 2.14 bits per heavy atom. The van der Waals surface area contributed by atoms with E-state index in [1.807, 2.05) is 6.92 Å². The minimum Gasteiger partial charge on any atom is -0.476 e. The van der Waals surface area contributed by atoms with Crippen molar-refractivity contribution < 1.29 is 14.3 Å². The summed E-state index contributed by atoms with van der Waals surface area (Å²) in [7, 11) is 0. The third-order valence-electron chi connectivity index (χ3n) is 3.38. The summed E-state index contributed by atoms with van der Waals surface area (Å²) in [5.41, 5.74) is 5.38. The number of hydrogen-bond donors (Lipinski definition) is 2. The molecule has 1 aliphatic rings. The standard InChI is InChI=1S/C14H20N4O3/c1-4-7-21-12-9(15)5-6-10(16-12)18-8-11(19)17-13(20)14(18,2)3/h5-6H,4,7-8,15H2,1-3H3,(H,17,19,20). The SMILES string of the molecule is CCCOc1nc(N2CC(=O)NC(=O)C2(C)C)ccc1N. The summed E-state index contributed by atoms with van der Waals surface area (Å²) in [6.45, 7) is 6.02. The average molecular weight is 292 g/mol. The fraction of sp³-hybridized carbons (Fsp3) is 0.500. The molecule has 21 heavy (non-hydrogen) atoms. The lowest BCUT2D eigenvalue weighted by molar-refractivity contribution is -0.135. The summed E-state index contributed by atoms with van der Waals surface area (Å²) < 4.78 is 5.49. The highest BCUT2D eigenvalue weighted by Gasteiger charge is 2.41. The van der Waals surface area contributed by atoms with Crippen molar-refractivity contribution in [2.24, 2.45) is 0 Å². The summed E-state index contributed by atoms with van der Waals surface area (Å²) in [4.78, 5) is 29.6. The smallest absolute Gasteiger partial charge is 0.251 e. The van der Waals surface area contributed by atoms with Crippen molar-refractivity contribution in [2.75, 3.05) is 23.8 Å². The van der Waals surface area contributed by atoms with Gasteiger partial charge in [0, 0.05) is 0 Å². The summed E-state index contributed by atoms with van der Waals surface area (Å²) in [5.74, 6) is 0.106. The Balaban J connectivity index is 2.35. The van der Waals surface area contributed by atoms with Gasteiger partial charge in [-0.15, -0.1) is 0 Å². The number of carbonyl (C=O) groups is 2. The summed E-state index contributed by atoms with van der Waals surface area (Å²) in [6.07, 6.45) is 0.835. The largest absolute Gasteiger partial charge is 0.476 e. The predicted octanol–water partition coefficient (Wildman–Crippen LogP) is 0.694. The lowest BCUT2D eigenvalue weighted by Gasteiger charge is -2.41. The van der Waals surface area contributed by atoms with Crippen molar-refractivity contribution in [1.82, 2.24) is 10.3 Å². The molecule has 0 aliphatic carbocycles. The topological polar surface area (TPSA) is 97.5 Å². The number of nitrogen functional groups attached to an aromatic ring is 1. The zero-order chi connectivity index (χ0) is 15.6. The zero-order valence-corrected chi connectivity index (χ0v) is 12.5. The molecule has 0 saturated carbocycles. The second-order valence-corrected chi connectivity index (χ2v) is 5.43. The first-order valence-corrected chi connectivity index (χ1v) is 6.87. The van der Waals surface area contributed by atoms with Crippen LogP contribution >= 0.6 is 0 Å². The van der Waals surface area contributed by atoms with Gasteiger partial charge in [0.2, 0.25) is 11.8 Å². The van der Waals surface area contributed by atoms with Gasteiger partial charge in [-0.05, 0) is 32.4 Å². The Bertz CT molecular complexity index is 571. The summed E-state index contributed by atoms with van der Waals surface area (Å²) in [5, 5.41) is 2.33. The van der Waals surface area contributed by atoms with Crippen LogP contribution in [-0.4, -0.2) is 35.5 Å². The van der Waals surface area contributed by atoms with E-state index in [0.717, 1.165) is 6.42 Å². The van der Waals surface area contributed by atoms with Crippen molar-refractivity contribution >= 4 is 23.3 Å². The van der Waals surface area contributed by atoms with Gasteiger partial charge in [0.15, 0.2) is 0 Å². The van der Waals surface area contributed by atoms with E-state index < -0.39 is 5.54 Å². The second kappa shape index (κ2) is 5.59. The van der Waals surface area contributed by atoms with Crippen molar-refractivity contribution in [3.05, 3.63) is 12.1 Å². The van der Waals surface area contributed by atoms with Gasteiger partial charge >= 0.3 is 0 Å². The molecule has 0 bridgehead atoms. The van der Waals surface area contributed by atoms with Crippen LogP contribution in [0.3, 0.4) is 0 Å². The Labute approximate surface area is 123 Å². The van der Waals surface area contributed by atoms with Gasteiger partial charge in [0.1, 0.15) is 11.4 Å². The molecule has 1 fully saturated rings. The number of anilines is 2. The first-order chi connectivity index (χ1) is 9.86. The molecule has 0 spiro atoms. The first-order valence-electron chi connectivity index (χ1n) is 6.87. The van der Waals surface area contributed by atoms with Gasteiger partial charge in [0.05, 0.1) is 18.8 Å². The molecule has 114 valence electrons. The van der Waals surface area contributed by atoms with E-state index in [4.69, 9.17) is 10.5 Å². The molecule has 1 aromatic heterocycles. The number of nitrogens with two attached hydrogens (primary N) is 1. The maximum absolute atomic E-state index is 12.0. The van der Waals surface area contributed by atoms with E-state index >= 15 is 0 Å². The van der Waals surface area contributed by atoms with Crippen LogP contribution < -0.4 is 20.7 Å². The van der Waals surface area contributed by atoms with Crippen LogP contribution in [0.4, 0.5) is 11.5 Å². The maximum Gasteiger partial charge on any atom is 0.251 e. The number of nitrogens with one attached hydrogen (secondary N) is 1. The number of amides is 2. The van der Waals surface area contributed by atoms with Gasteiger partial charge < -0.3 is 15.4 Å². The Kier molecular flexibility index (Phi) is 4.02. The quantitative estimate of drug-likeness (QED) is 0.793. The highest BCUT2D eigenvalue weighted by Crippen LogP contribution is 2.29. The molecule has 0 aromatic carbocycles. The van der Waals surface area contributed by atoms with Gasteiger partial charge in [0.25, 0.3) is 5.91 Å². The fourth-order valence-electron chi connectivity index (χ4n) is 2.06. The monoisotopic (exact) mass is 292 g/mol. The lowest BCUT2D eigenvalue weighted by Crippen LogP contribution is -2.64. The highest BCUT2D eigenvalue weighted by molar-refractivity contribution is 6.06. The number of piperazine rings is 1. The molecular weight excluding hydrogens is 272 g/mol. The van der Waals surface area contributed by atoms with Gasteiger partial charge in [-0.25, -0.2) is 0 Å². The Morgan fingerprint density at radius 3 is 2.81 bits per heavy atom. The van der Waals surface area contributed by atoms with Crippen LogP contribution in [0.15, 0.2) is 12.1 Å². The zero-order valence-electron chi connectivity index (χ0n) is 12.5. The third kappa shape index (κ3) is 2.91. The molecule has 1 saturated heterocycles. The number of ether oxygens (including phenoxy) is 1. The van der Waals surface area contributed by atoms with E-state index in [0.29, 0.717) is 24.0 Å². The molecule has 7 nitrogen and oxygen atoms in total. The van der Waals surface area contributed by atoms with Crippen molar-refractivity contribution in [1.29, 1.82) is 0 Å². The van der Waals surface area contributed by atoms with Crippen molar-refractivity contribution in [3.63, 3.8) is 0 Å². The van der Waals surface area contributed by atoms with Gasteiger partial charge in [-0.1, -0.05) is 6.92 Å². The maximum atomic E-state index is 12.0. The number of nitrogens with zero attached hydrogens (tertiary/aromatic N) is 2. The fourth-order valence-corrected chi connectivity index (χ4v) is 2.06. The van der Waals surface area contributed by atoms with Gasteiger partial charge in [-0.2, -0.15) is 4.98 Å². The molecule has 2 heterocycles. The van der Waals surface area contributed by atoms with E-state index in [2.05, 4.69) is 10.3 Å². The van der Waals surface area contributed by atoms with Crippen LogP contribution in [0.2, 0.25) is 0 Å². The van der Waals surface area contributed by atoms with Crippen LogP contribution in [-0.2, 0) is 9.59 Å². The highest BCUT2D eigenvalue weighted by atomic mass is 16.5. The van der Waals surface area contributed by atoms with Crippen LogP contribution in [0.1, 0.15) is 27.2 Å².